The second-order valence-corrected chi connectivity index (χ2v) is 4.83. The van der Waals surface area contributed by atoms with E-state index in [1.165, 1.54) is 25.0 Å². The predicted octanol–water partition coefficient (Wildman–Crippen LogP) is 3.81. The number of hydrogen-bond donors (Lipinski definition) is 1. The molecule has 0 radical (unpaired) electrons. The molecular formula is C14H19F2N. The summed E-state index contributed by atoms with van der Waals surface area (Å²) in [6.45, 7) is 2.83. The summed E-state index contributed by atoms with van der Waals surface area (Å²) in [6.07, 6.45) is 4.74. The standard InChI is InChI=1S/C14H19F2N/c1-2-17-14(6-5-10-3-4-10)11-7-12(15)9-13(16)8-11/h7-10,14,17H,2-6H2,1H3. The topological polar surface area (TPSA) is 12.0 Å². The van der Waals surface area contributed by atoms with Crippen molar-refractivity contribution in [3.8, 4) is 0 Å². The molecule has 3 heteroatoms. The lowest BCUT2D eigenvalue weighted by atomic mass is 10.00. The van der Waals surface area contributed by atoms with Crippen LogP contribution in [0.15, 0.2) is 18.2 Å². The average molecular weight is 239 g/mol. The van der Waals surface area contributed by atoms with Crippen molar-refractivity contribution in [3.63, 3.8) is 0 Å². The summed E-state index contributed by atoms with van der Waals surface area (Å²) >= 11 is 0. The van der Waals surface area contributed by atoms with Gasteiger partial charge in [0.25, 0.3) is 0 Å². The lowest BCUT2D eigenvalue weighted by Gasteiger charge is -2.18. The monoisotopic (exact) mass is 239 g/mol. The summed E-state index contributed by atoms with van der Waals surface area (Å²) in [5.74, 6) is -0.141. The predicted molar refractivity (Wildman–Crippen MR) is 64.7 cm³/mol. The largest absolute Gasteiger partial charge is 0.310 e. The van der Waals surface area contributed by atoms with E-state index in [1.807, 2.05) is 6.92 Å². The molecule has 1 fully saturated rings. The number of halogens is 2. The van der Waals surface area contributed by atoms with Gasteiger partial charge in [-0.15, -0.1) is 0 Å². The van der Waals surface area contributed by atoms with Crippen LogP contribution in [-0.4, -0.2) is 6.54 Å². The van der Waals surface area contributed by atoms with Crippen molar-refractivity contribution in [2.45, 2.75) is 38.6 Å². The highest BCUT2D eigenvalue weighted by Crippen LogP contribution is 2.36. The first-order valence-corrected chi connectivity index (χ1v) is 6.38. The fourth-order valence-corrected chi connectivity index (χ4v) is 2.22. The van der Waals surface area contributed by atoms with Crippen LogP contribution in [-0.2, 0) is 0 Å². The van der Waals surface area contributed by atoms with Gasteiger partial charge < -0.3 is 5.32 Å². The van der Waals surface area contributed by atoms with Crippen LogP contribution in [0, 0.1) is 17.6 Å². The van der Waals surface area contributed by atoms with Gasteiger partial charge in [0, 0.05) is 12.1 Å². The van der Waals surface area contributed by atoms with Gasteiger partial charge in [0.2, 0.25) is 0 Å². The molecule has 1 N–H and O–H groups in total. The Morgan fingerprint density at radius 1 is 1.24 bits per heavy atom. The summed E-state index contributed by atoms with van der Waals surface area (Å²) in [7, 11) is 0. The summed E-state index contributed by atoms with van der Waals surface area (Å²) in [6, 6.07) is 3.87. The first kappa shape index (κ1) is 12.5. The molecule has 1 nitrogen and oxygen atoms in total. The molecular weight excluding hydrogens is 220 g/mol. The Morgan fingerprint density at radius 3 is 2.41 bits per heavy atom. The number of rotatable bonds is 6. The van der Waals surface area contributed by atoms with E-state index in [2.05, 4.69) is 5.32 Å². The van der Waals surface area contributed by atoms with Gasteiger partial charge in [-0.05, 0) is 43.0 Å². The first-order valence-electron chi connectivity index (χ1n) is 6.38. The van der Waals surface area contributed by atoms with E-state index in [1.54, 1.807) is 0 Å². The molecule has 0 spiro atoms. The van der Waals surface area contributed by atoms with Crippen molar-refractivity contribution < 1.29 is 8.78 Å². The zero-order chi connectivity index (χ0) is 12.3. The highest BCUT2D eigenvalue weighted by molar-refractivity contribution is 5.21. The Balaban J connectivity index is 2.05. The summed E-state index contributed by atoms with van der Waals surface area (Å²) in [5, 5.41) is 3.30. The van der Waals surface area contributed by atoms with Crippen LogP contribution in [0.3, 0.4) is 0 Å². The molecule has 1 aromatic carbocycles. The average Bonchev–Trinajstić information content (AvgIpc) is 3.06. The van der Waals surface area contributed by atoms with E-state index in [-0.39, 0.29) is 6.04 Å². The van der Waals surface area contributed by atoms with E-state index >= 15 is 0 Å². The summed E-state index contributed by atoms with van der Waals surface area (Å²) < 4.78 is 26.3. The van der Waals surface area contributed by atoms with Gasteiger partial charge in [-0.1, -0.05) is 19.8 Å². The Morgan fingerprint density at radius 2 is 1.88 bits per heavy atom. The minimum Gasteiger partial charge on any atom is -0.310 e. The van der Waals surface area contributed by atoms with Gasteiger partial charge in [-0.3, -0.25) is 0 Å². The summed E-state index contributed by atoms with van der Waals surface area (Å²) in [4.78, 5) is 0. The maximum Gasteiger partial charge on any atom is 0.126 e. The van der Waals surface area contributed by atoms with E-state index in [0.717, 1.165) is 36.9 Å². The molecule has 0 amide bonds. The molecule has 1 unspecified atom stereocenters. The minimum atomic E-state index is -0.491. The maximum atomic E-state index is 13.2. The van der Waals surface area contributed by atoms with E-state index in [0.29, 0.717) is 0 Å². The highest BCUT2D eigenvalue weighted by Gasteiger charge is 2.23. The molecule has 1 saturated carbocycles. The second-order valence-electron chi connectivity index (χ2n) is 4.83. The first-order chi connectivity index (χ1) is 8.19. The smallest absolute Gasteiger partial charge is 0.126 e. The summed E-state index contributed by atoms with van der Waals surface area (Å²) in [5.41, 5.74) is 0.727. The normalized spacial score (nSPS) is 17.1. The molecule has 94 valence electrons. The van der Waals surface area contributed by atoms with Crippen LogP contribution in [0.2, 0.25) is 0 Å². The van der Waals surface area contributed by atoms with Gasteiger partial charge >= 0.3 is 0 Å². The molecule has 0 saturated heterocycles. The molecule has 0 aromatic heterocycles. The van der Waals surface area contributed by atoms with Gasteiger partial charge in [0.05, 0.1) is 0 Å². The van der Waals surface area contributed by atoms with Crippen LogP contribution >= 0.6 is 0 Å². The molecule has 2 rings (SSSR count). The van der Waals surface area contributed by atoms with Gasteiger partial charge in [0.15, 0.2) is 0 Å². The molecule has 0 bridgehead atoms. The van der Waals surface area contributed by atoms with Crippen LogP contribution in [0.1, 0.15) is 44.2 Å². The van der Waals surface area contributed by atoms with Crippen LogP contribution < -0.4 is 5.32 Å². The second kappa shape index (κ2) is 5.58. The van der Waals surface area contributed by atoms with E-state index < -0.39 is 11.6 Å². The van der Waals surface area contributed by atoms with Gasteiger partial charge in [-0.2, -0.15) is 0 Å². The third-order valence-electron chi connectivity index (χ3n) is 3.30. The van der Waals surface area contributed by atoms with Gasteiger partial charge in [0.1, 0.15) is 11.6 Å². The quantitative estimate of drug-likeness (QED) is 0.796. The van der Waals surface area contributed by atoms with E-state index in [9.17, 15) is 8.78 Å². The fraction of sp³-hybridized carbons (Fsp3) is 0.571. The Bertz CT molecular complexity index is 354. The van der Waals surface area contributed by atoms with Crippen LogP contribution in [0.25, 0.3) is 0 Å². The van der Waals surface area contributed by atoms with Gasteiger partial charge in [-0.25, -0.2) is 8.78 Å². The molecule has 0 heterocycles. The molecule has 1 atom stereocenters. The zero-order valence-corrected chi connectivity index (χ0v) is 10.2. The molecule has 1 aromatic rings. The van der Waals surface area contributed by atoms with Crippen molar-refractivity contribution in [1.29, 1.82) is 0 Å². The lowest BCUT2D eigenvalue weighted by molar-refractivity contribution is 0.474. The molecule has 1 aliphatic rings. The third-order valence-corrected chi connectivity index (χ3v) is 3.30. The number of hydrogen-bond acceptors (Lipinski definition) is 1. The Hall–Kier alpha value is -0.960. The number of nitrogens with one attached hydrogen (secondary N) is 1. The van der Waals surface area contributed by atoms with Crippen molar-refractivity contribution in [3.05, 3.63) is 35.4 Å². The SMILES string of the molecule is CCNC(CCC1CC1)c1cc(F)cc(F)c1. The van der Waals surface area contributed by atoms with Crippen LogP contribution in [0.5, 0.6) is 0 Å². The zero-order valence-electron chi connectivity index (χ0n) is 10.2. The lowest BCUT2D eigenvalue weighted by Crippen LogP contribution is -2.21. The highest BCUT2D eigenvalue weighted by atomic mass is 19.1. The maximum absolute atomic E-state index is 13.2. The molecule has 0 aliphatic heterocycles. The fourth-order valence-electron chi connectivity index (χ4n) is 2.22. The van der Waals surface area contributed by atoms with Crippen molar-refractivity contribution >= 4 is 0 Å². The Labute approximate surface area is 101 Å². The van der Waals surface area contributed by atoms with Crippen molar-refractivity contribution in [2.75, 3.05) is 6.54 Å². The van der Waals surface area contributed by atoms with E-state index in [4.69, 9.17) is 0 Å². The Kier molecular flexibility index (Phi) is 4.11. The third kappa shape index (κ3) is 3.77. The van der Waals surface area contributed by atoms with Crippen molar-refractivity contribution in [1.82, 2.24) is 5.32 Å². The minimum absolute atomic E-state index is 0.0748. The van der Waals surface area contributed by atoms with Crippen LogP contribution in [0.4, 0.5) is 8.78 Å². The van der Waals surface area contributed by atoms with Crippen molar-refractivity contribution in [2.24, 2.45) is 5.92 Å². The number of benzene rings is 1. The molecule has 17 heavy (non-hydrogen) atoms. The molecule has 1 aliphatic carbocycles.